The van der Waals surface area contributed by atoms with Gasteiger partial charge in [-0.25, -0.2) is 0 Å². The summed E-state index contributed by atoms with van der Waals surface area (Å²) in [5, 5.41) is 7.01. The highest BCUT2D eigenvalue weighted by atomic mass is 16.4. The lowest BCUT2D eigenvalue weighted by molar-refractivity contribution is -0.137. The number of carbonyl (C=O) groups is 1. The van der Waals surface area contributed by atoms with E-state index in [-0.39, 0.29) is 0 Å². The van der Waals surface area contributed by atoms with Crippen LogP contribution in [0.2, 0.25) is 11.6 Å². The molecular weight excluding hydrogens is 196 g/mol. The third-order valence-electron chi connectivity index (χ3n) is 2.35. The number of aliphatic carboxylic acids is 1. The molecule has 0 amide bonds. The van der Waals surface area contributed by atoms with E-state index < -0.39 is 28.5 Å². The molecule has 0 saturated carbocycles. The number of nitrogens with zero attached hydrogens (tertiary/aromatic N) is 1. The highest BCUT2D eigenvalue weighted by Gasteiger charge is 2.37. The summed E-state index contributed by atoms with van der Waals surface area (Å²) in [6, 6.07) is 0. The van der Waals surface area contributed by atoms with E-state index in [1.165, 1.54) is 0 Å². The quantitative estimate of drug-likeness (QED) is 0.612. The standard InChI is InChI=1S/C8H12B5NO2/c1-7(2,3)14(13)8(11,12)5(10)4(9)6(15)16/h4-5H,1-3H3,(H,15,16). The Morgan fingerprint density at radius 1 is 1.25 bits per heavy atom. The molecule has 10 radical (unpaired) electrons. The molecule has 0 rings (SSSR count). The zero-order chi connectivity index (χ0) is 13.3. The molecule has 0 aliphatic rings. The van der Waals surface area contributed by atoms with E-state index in [2.05, 4.69) is 0 Å². The van der Waals surface area contributed by atoms with Gasteiger partial charge in [0.15, 0.2) is 7.98 Å². The zero-order valence-electron chi connectivity index (χ0n) is 9.84. The normalized spacial score (nSPS) is 17.0. The molecule has 3 nitrogen and oxygen atoms in total. The van der Waals surface area contributed by atoms with Crippen LogP contribution in [0, 0.1) is 0 Å². The van der Waals surface area contributed by atoms with Gasteiger partial charge in [0.05, 0.1) is 31.4 Å². The predicted molar refractivity (Wildman–Crippen MR) is 68.2 cm³/mol. The smallest absolute Gasteiger partial charge is 0.297 e. The Morgan fingerprint density at radius 3 is 1.88 bits per heavy atom. The van der Waals surface area contributed by atoms with Gasteiger partial charge in [0, 0.05) is 11.4 Å². The fourth-order valence-corrected chi connectivity index (χ4v) is 1.18. The van der Waals surface area contributed by atoms with Gasteiger partial charge in [-0.3, -0.25) is 4.79 Å². The lowest BCUT2D eigenvalue weighted by atomic mass is 9.42. The Kier molecular flexibility index (Phi) is 4.87. The highest BCUT2D eigenvalue weighted by Crippen LogP contribution is 2.33. The second-order valence-corrected chi connectivity index (χ2v) is 4.82. The van der Waals surface area contributed by atoms with Gasteiger partial charge in [-0.15, -0.1) is 0 Å². The molecule has 1 N–H and O–H groups in total. The first kappa shape index (κ1) is 15.8. The van der Waals surface area contributed by atoms with Crippen LogP contribution in [0.15, 0.2) is 0 Å². The molecule has 0 saturated heterocycles. The molecule has 0 spiro atoms. The van der Waals surface area contributed by atoms with E-state index in [1.807, 2.05) is 0 Å². The third-order valence-corrected chi connectivity index (χ3v) is 2.35. The van der Waals surface area contributed by atoms with Gasteiger partial charge in [0.2, 0.25) is 0 Å². The molecule has 0 fully saturated rings. The maximum Gasteiger partial charge on any atom is 0.297 e. The lowest BCUT2D eigenvalue weighted by Gasteiger charge is -2.51. The summed E-state index contributed by atoms with van der Waals surface area (Å²) in [6.45, 7) is 5.29. The van der Waals surface area contributed by atoms with Crippen molar-refractivity contribution in [1.82, 2.24) is 4.81 Å². The first-order valence-electron chi connectivity index (χ1n) is 4.79. The van der Waals surface area contributed by atoms with Gasteiger partial charge in [-0.2, -0.15) is 0 Å². The molecule has 0 aromatic carbocycles. The van der Waals surface area contributed by atoms with E-state index in [4.69, 9.17) is 44.5 Å². The van der Waals surface area contributed by atoms with Crippen molar-refractivity contribution < 1.29 is 9.90 Å². The summed E-state index contributed by atoms with van der Waals surface area (Å²) in [7, 11) is 28.2. The first-order valence-corrected chi connectivity index (χ1v) is 4.79. The van der Waals surface area contributed by atoms with Crippen molar-refractivity contribution >= 4 is 45.3 Å². The van der Waals surface area contributed by atoms with Gasteiger partial charge in [0.25, 0.3) is 5.97 Å². The Labute approximate surface area is 104 Å². The summed E-state index contributed by atoms with van der Waals surface area (Å²) in [5.74, 6) is -3.87. The van der Waals surface area contributed by atoms with E-state index in [9.17, 15) is 4.79 Å². The summed E-state index contributed by atoms with van der Waals surface area (Å²) in [5.41, 5.74) is -0.570. The minimum atomic E-state index is -1.71. The minimum Gasteiger partial charge on any atom is -0.482 e. The number of carboxylic acid groups (broad SMARTS) is 1. The Balaban J connectivity index is 4.98. The van der Waals surface area contributed by atoms with Crippen molar-refractivity contribution in [3.63, 3.8) is 0 Å². The van der Waals surface area contributed by atoms with E-state index in [0.717, 1.165) is 4.81 Å². The van der Waals surface area contributed by atoms with Crippen LogP contribution in [0.4, 0.5) is 0 Å². The largest absolute Gasteiger partial charge is 0.482 e. The summed E-state index contributed by atoms with van der Waals surface area (Å²) in [6.07, 6.45) is 0. The van der Waals surface area contributed by atoms with Crippen molar-refractivity contribution in [2.24, 2.45) is 0 Å². The predicted octanol–water partition coefficient (Wildman–Crippen LogP) is -0.840. The molecule has 2 unspecified atom stereocenters. The Hall–Kier alpha value is -0.245. The van der Waals surface area contributed by atoms with Crippen LogP contribution < -0.4 is 0 Å². The van der Waals surface area contributed by atoms with Crippen molar-refractivity contribution in [3.8, 4) is 0 Å². The Bertz CT molecular complexity index is 266. The summed E-state index contributed by atoms with van der Waals surface area (Å²) in [4.78, 5) is 11.8. The van der Waals surface area contributed by atoms with Crippen molar-refractivity contribution in [2.45, 2.75) is 43.3 Å². The third kappa shape index (κ3) is 3.37. The van der Waals surface area contributed by atoms with Gasteiger partial charge in [0.1, 0.15) is 0 Å². The van der Waals surface area contributed by atoms with Crippen LogP contribution in [0.1, 0.15) is 20.8 Å². The van der Waals surface area contributed by atoms with Crippen LogP contribution in [0.25, 0.3) is 0 Å². The lowest BCUT2D eigenvalue weighted by Crippen LogP contribution is -2.60. The van der Waals surface area contributed by atoms with E-state index >= 15 is 0 Å². The molecule has 76 valence electrons. The van der Waals surface area contributed by atoms with Gasteiger partial charge in [-0.1, -0.05) is 11.2 Å². The monoisotopic (exact) mass is 209 g/mol. The van der Waals surface area contributed by atoms with Crippen LogP contribution >= 0.6 is 0 Å². The van der Waals surface area contributed by atoms with Crippen LogP contribution in [-0.2, 0) is 4.79 Å². The second-order valence-electron chi connectivity index (χ2n) is 4.82. The van der Waals surface area contributed by atoms with Gasteiger partial charge >= 0.3 is 0 Å². The molecule has 0 aliphatic heterocycles. The van der Waals surface area contributed by atoms with Crippen LogP contribution in [0.5, 0.6) is 0 Å². The van der Waals surface area contributed by atoms with Crippen LogP contribution in [-0.4, -0.2) is 66.1 Å². The summed E-state index contributed by atoms with van der Waals surface area (Å²) >= 11 is 0. The maximum absolute atomic E-state index is 10.7. The molecule has 16 heavy (non-hydrogen) atoms. The van der Waals surface area contributed by atoms with E-state index in [0.29, 0.717) is 0 Å². The average molecular weight is 208 g/mol. The number of hydrogen-bond acceptors (Lipinski definition) is 2. The molecule has 0 heterocycles. The van der Waals surface area contributed by atoms with Crippen LogP contribution in [0.3, 0.4) is 0 Å². The fraction of sp³-hybridized carbons (Fsp3) is 0.875. The number of rotatable bonds is 4. The second kappa shape index (κ2) is 4.95. The topological polar surface area (TPSA) is 40.5 Å². The molecule has 0 aromatic rings. The molecule has 0 bridgehead atoms. The van der Waals surface area contributed by atoms with Crippen molar-refractivity contribution in [3.05, 3.63) is 0 Å². The van der Waals surface area contributed by atoms with Crippen molar-refractivity contribution in [2.75, 3.05) is 0 Å². The Morgan fingerprint density at radius 2 is 1.62 bits per heavy atom. The SMILES string of the molecule is [B]C(C(=O)O)C([B])C([B])([B])N([B])C(C)(C)C. The first-order chi connectivity index (χ1) is 6.92. The molecular formula is C8H12B5NO2. The zero-order valence-corrected chi connectivity index (χ0v) is 9.84. The number of carboxylic acids is 1. The highest BCUT2D eigenvalue weighted by molar-refractivity contribution is 6.47. The molecule has 2 atom stereocenters. The van der Waals surface area contributed by atoms with Gasteiger partial charge < -0.3 is 9.92 Å². The molecule has 0 aromatic heterocycles. The average Bonchev–Trinajstić information content (AvgIpc) is 2.12. The maximum atomic E-state index is 10.7. The molecule has 8 heteroatoms. The summed E-state index contributed by atoms with van der Waals surface area (Å²) < 4.78 is 0. The van der Waals surface area contributed by atoms with Crippen molar-refractivity contribution in [1.29, 1.82) is 0 Å². The van der Waals surface area contributed by atoms with Gasteiger partial charge in [-0.05, 0) is 20.8 Å². The fourth-order valence-electron chi connectivity index (χ4n) is 1.18. The number of hydrogen-bond donors (Lipinski definition) is 1. The van der Waals surface area contributed by atoms with E-state index in [1.54, 1.807) is 20.8 Å². The molecule has 0 aliphatic carbocycles. The minimum absolute atomic E-state index is 0.570.